The summed E-state index contributed by atoms with van der Waals surface area (Å²) in [7, 11) is 0. The predicted molar refractivity (Wildman–Crippen MR) is 128 cm³/mol. The maximum absolute atomic E-state index is 13.7. The molecule has 3 amide bonds. The second kappa shape index (κ2) is 7.81. The van der Waals surface area contributed by atoms with Crippen LogP contribution in [0.1, 0.15) is 17.2 Å². The molecule has 0 radical (unpaired) electrons. The topological polar surface area (TPSA) is 82.1 Å². The Bertz CT molecular complexity index is 1340. The Kier molecular flexibility index (Phi) is 4.74. The smallest absolute Gasteiger partial charge is 0.249 e. The van der Waals surface area contributed by atoms with Crippen LogP contribution in [-0.4, -0.2) is 35.0 Å². The number of nitrogens with one attached hydrogen (secondary N) is 1. The van der Waals surface area contributed by atoms with E-state index in [1.165, 1.54) is 4.90 Å². The molecule has 0 spiro atoms. The van der Waals surface area contributed by atoms with Crippen LogP contribution in [0.4, 0.5) is 11.4 Å². The van der Waals surface area contributed by atoms with Crippen LogP contribution in [0.25, 0.3) is 0 Å². The van der Waals surface area contributed by atoms with Crippen LogP contribution in [0.2, 0.25) is 5.02 Å². The highest BCUT2D eigenvalue weighted by Gasteiger charge is 2.65. The molecule has 0 aromatic heterocycles. The Morgan fingerprint density at radius 3 is 2.29 bits per heavy atom. The lowest BCUT2D eigenvalue weighted by molar-refractivity contribution is -0.129. The van der Waals surface area contributed by atoms with E-state index < -0.39 is 29.8 Å². The number of benzene rings is 3. The summed E-state index contributed by atoms with van der Waals surface area (Å²) in [6, 6.07) is 21.8. The second-order valence-electron chi connectivity index (χ2n) is 8.54. The zero-order valence-corrected chi connectivity index (χ0v) is 18.6. The lowest BCUT2D eigenvalue weighted by Gasteiger charge is -2.33. The maximum Gasteiger partial charge on any atom is 0.249 e. The zero-order chi connectivity index (χ0) is 23.4. The van der Waals surface area contributed by atoms with E-state index in [0.29, 0.717) is 16.4 Å². The van der Waals surface area contributed by atoms with E-state index in [1.54, 1.807) is 47.6 Å². The number of hydrogen-bond donors (Lipinski definition) is 1. The van der Waals surface area contributed by atoms with Crippen molar-refractivity contribution in [2.75, 3.05) is 10.2 Å². The lowest BCUT2D eigenvalue weighted by atomic mass is 9.85. The molecule has 8 heteroatoms. The van der Waals surface area contributed by atoms with Crippen molar-refractivity contribution in [3.8, 4) is 0 Å². The Morgan fingerprint density at radius 1 is 0.853 bits per heavy atom. The van der Waals surface area contributed by atoms with Crippen molar-refractivity contribution < 1.29 is 14.4 Å². The minimum absolute atomic E-state index is 0.339. The molecule has 2 fully saturated rings. The molecule has 3 aromatic carbocycles. The van der Waals surface area contributed by atoms with Gasteiger partial charge in [-0.1, -0.05) is 54.1 Å². The number of anilines is 2. The van der Waals surface area contributed by atoms with E-state index in [9.17, 15) is 14.4 Å². The molecule has 4 atom stereocenters. The predicted octanol–water partition coefficient (Wildman–Crippen LogP) is 3.86. The summed E-state index contributed by atoms with van der Waals surface area (Å²) in [5, 5.41) is 9.58. The van der Waals surface area contributed by atoms with Crippen molar-refractivity contribution in [2.24, 2.45) is 16.9 Å². The van der Waals surface area contributed by atoms with Crippen molar-refractivity contribution in [3.63, 3.8) is 0 Å². The summed E-state index contributed by atoms with van der Waals surface area (Å²) >= 11 is 6.01. The Labute approximate surface area is 200 Å². The van der Waals surface area contributed by atoms with Gasteiger partial charge in [0.15, 0.2) is 0 Å². The monoisotopic (exact) mass is 470 g/mol. The van der Waals surface area contributed by atoms with Gasteiger partial charge in [0, 0.05) is 10.7 Å². The van der Waals surface area contributed by atoms with Gasteiger partial charge in [0.25, 0.3) is 0 Å². The number of rotatable bonds is 3. The molecule has 1 N–H and O–H groups in total. The number of para-hydroxylation sites is 1. The third kappa shape index (κ3) is 3.04. The van der Waals surface area contributed by atoms with Crippen LogP contribution in [0.15, 0.2) is 84.0 Å². The molecule has 3 heterocycles. The highest BCUT2D eigenvalue weighted by molar-refractivity contribution is 6.31. The number of amides is 3. The first-order chi connectivity index (χ1) is 16.5. The molecule has 2 saturated heterocycles. The normalized spacial score (nSPS) is 24.6. The van der Waals surface area contributed by atoms with Crippen LogP contribution in [0, 0.1) is 11.8 Å². The number of carbonyl (C=O) groups is 3. The van der Waals surface area contributed by atoms with Gasteiger partial charge < -0.3 is 5.32 Å². The quantitative estimate of drug-likeness (QED) is 0.589. The van der Waals surface area contributed by atoms with E-state index in [-0.39, 0.29) is 11.8 Å². The molecule has 168 valence electrons. The standard InChI is InChI=1S/C26H19ClN4O3/c27-16-10-12-18(13-11-16)30-25(33)20-21(26(30)34)23(24(32)29-17-7-2-1-3-8-17)31-22(20)19-9-5-4-6-15(19)14-28-31/h1-14,20-23H,(H,29,32)/t20-,21+,22-,23-/m0/s1. The summed E-state index contributed by atoms with van der Waals surface area (Å²) in [5.41, 5.74) is 2.80. The SMILES string of the molecule is O=C(Nc1ccccc1)[C@@H]1[C@@H]2C(=O)N(c3ccc(Cl)cc3)C(=O)[C@@H]2[C@@H]2c3ccccc3C=NN12. The molecular weight excluding hydrogens is 452 g/mol. The van der Waals surface area contributed by atoms with Crippen LogP contribution in [0.3, 0.4) is 0 Å². The van der Waals surface area contributed by atoms with Crippen molar-refractivity contribution in [3.05, 3.63) is 95.0 Å². The van der Waals surface area contributed by atoms with Crippen molar-refractivity contribution >= 4 is 46.9 Å². The van der Waals surface area contributed by atoms with Gasteiger partial charge in [-0.3, -0.25) is 19.4 Å². The average molecular weight is 471 g/mol. The number of nitrogens with zero attached hydrogens (tertiary/aromatic N) is 3. The summed E-state index contributed by atoms with van der Waals surface area (Å²) in [5.74, 6) is -2.74. The van der Waals surface area contributed by atoms with Crippen LogP contribution in [-0.2, 0) is 14.4 Å². The molecule has 0 aliphatic carbocycles. The van der Waals surface area contributed by atoms with Gasteiger partial charge in [-0.05, 0) is 47.5 Å². The van der Waals surface area contributed by atoms with Gasteiger partial charge in [0.05, 0.1) is 29.8 Å². The van der Waals surface area contributed by atoms with E-state index in [4.69, 9.17) is 11.6 Å². The first-order valence-electron chi connectivity index (χ1n) is 10.9. The molecular formula is C26H19ClN4O3. The number of imide groups is 1. The fourth-order valence-electron chi connectivity index (χ4n) is 5.25. The third-order valence-electron chi connectivity index (χ3n) is 6.69. The van der Waals surface area contributed by atoms with Gasteiger partial charge in [-0.2, -0.15) is 5.10 Å². The van der Waals surface area contributed by atoms with Crippen molar-refractivity contribution in [1.29, 1.82) is 0 Å². The molecule has 0 bridgehead atoms. The van der Waals surface area contributed by atoms with Gasteiger partial charge in [0.2, 0.25) is 17.7 Å². The van der Waals surface area contributed by atoms with Crippen LogP contribution < -0.4 is 10.2 Å². The molecule has 3 aromatic rings. The third-order valence-corrected chi connectivity index (χ3v) is 6.94. The number of halogens is 1. The molecule has 7 nitrogen and oxygen atoms in total. The second-order valence-corrected chi connectivity index (χ2v) is 8.97. The van der Waals surface area contributed by atoms with Crippen LogP contribution >= 0.6 is 11.6 Å². The fraction of sp³-hybridized carbons (Fsp3) is 0.154. The Hall–Kier alpha value is -3.97. The van der Waals surface area contributed by atoms with E-state index >= 15 is 0 Å². The first kappa shape index (κ1) is 20.6. The summed E-state index contributed by atoms with van der Waals surface area (Å²) in [6.45, 7) is 0. The summed E-state index contributed by atoms with van der Waals surface area (Å²) in [6.07, 6.45) is 1.68. The van der Waals surface area contributed by atoms with Gasteiger partial charge in [-0.25, -0.2) is 4.90 Å². The number of carbonyl (C=O) groups excluding carboxylic acids is 3. The van der Waals surface area contributed by atoms with E-state index in [1.807, 2.05) is 42.5 Å². The van der Waals surface area contributed by atoms with Crippen molar-refractivity contribution in [2.45, 2.75) is 12.1 Å². The van der Waals surface area contributed by atoms with E-state index in [2.05, 4.69) is 10.4 Å². The average Bonchev–Trinajstić information content (AvgIpc) is 3.33. The maximum atomic E-state index is 13.7. The molecule has 3 aliphatic rings. The number of hydrogen-bond acceptors (Lipinski definition) is 5. The molecule has 6 rings (SSSR count). The molecule has 0 unspecified atom stereocenters. The van der Waals surface area contributed by atoms with Gasteiger partial charge >= 0.3 is 0 Å². The van der Waals surface area contributed by atoms with E-state index in [0.717, 1.165) is 11.1 Å². The fourth-order valence-corrected chi connectivity index (χ4v) is 5.38. The highest BCUT2D eigenvalue weighted by atomic mass is 35.5. The zero-order valence-electron chi connectivity index (χ0n) is 17.8. The number of hydrazone groups is 1. The summed E-state index contributed by atoms with van der Waals surface area (Å²) in [4.78, 5) is 42.2. The first-order valence-corrected chi connectivity index (χ1v) is 11.3. The molecule has 34 heavy (non-hydrogen) atoms. The number of fused-ring (bicyclic) bond motifs is 5. The minimum atomic E-state index is -0.937. The van der Waals surface area contributed by atoms with Crippen LogP contribution in [0.5, 0.6) is 0 Å². The summed E-state index contributed by atoms with van der Waals surface area (Å²) < 4.78 is 0. The Balaban J connectivity index is 1.45. The highest BCUT2D eigenvalue weighted by Crippen LogP contribution is 2.52. The van der Waals surface area contributed by atoms with Gasteiger partial charge in [0.1, 0.15) is 6.04 Å². The van der Waals surface area contributed by atoms with Crippen molar-refractivity contribution in [1.82, 2.24) is 5.01 Å². The molecule has 3 aliphatic heterocycles. The molecule has 0 saturated carbocycles. The lowest BCUT2D eigenvalue weighted by Crippen LogP contribution is -2.46. The minimum Gasteiger partial charge on any atom is -0.324 e. The largest absolute Gasteiger partial charge is 0.324 e. The van der Waals surface area contributed by atoms with Gasteiger partial charge in [-0.15, -0.1) is 0 Å². The Morgan fingerprint density at radius 2 is 1.53 bits per heavy atom.